The molecule has 30 heavy (non-hydrogen) atoms. The van der Waals surface area contributed by atoms with Crippen LogP contribution in [0.2, 0.25) is 18.1 Å². The summed E-state index contributed by atoms with van der Waals surface area (Å²) < 4.78 is 6.62. The highest BCUT2D eigenvalue weighted by molar-refractivity contribution is 6.74. The van der Waals surface area contributed by atoms with Gasteiger partial charge in [0, 0.05) is 25.2 Å². The van der Waals surface area contributed by atoms with Gasteiger partial charge in [0.2, 0.25) is 8.32 Å². The van der Waals surface area contributed by atoms with Gasteiger partial charge in [-0.05, 0) is 97.7 Å². The SMILES string of the molecule is CN(C)N=C1CC[C@H]2[C@@H]3CCc4cc(O[Si](C)(C)C(C)(C)C)ccc4[C@H]3CC[C@]12C. The summed E-state index contributed by atoms with van der Waals surface area (Å²) in [5, 5.41) is 7.16. The third-order valence-electron chi connectivity index (χ3n) is 8.94. The highest BCUT2D eigenvalue weighted by Gasteiger charge is 2.53. The second-order valence-corrected chi connectivity index (χ2v) is 16.8. The maximum absolute atomic E-state index is 6.62. The first-order valence-corrected chi connectivity index (χ1v) is 14.9. The molecule has 0 N–H and O–H groups in total. The molecule has 1 aromatic carbocycles. The Balaban J connectivity index is 1.57. The minimum absolute atomic E-state index is 0.232. The highest BCUT2D eigenvalue weighted by atomic mass is 28.4. The molecular formula is C26H42N2OSi. The van der Waals surface area contributed by atoms with Crippen LogP contribution in [0.25, 0.3) is 0 Å². The standard InChI is InChI=1S/C26H42N2OSi/c1-25(2,3)30(7,8)29-19-10-12-20-18(17-19)9-11-22-21(20)15-16-26(4)23(22)13-14-24(26)27-28(5)6/h10,12,17,21-23H,9,11,13-16H2,1-8H3/t21-,22-,23+,26+/m1/s1. The van der Waals surface area contributed by atoms with Crippen molar-refractivity contribution in [3.05, 3.63) is 29.3 Å². The predicted molar refractivity (Wildman–Crippen MR) is 130 cm³/mol. The Kier molecular flexibility index (Phi) is 5.40. The van der Waals surface area contributed by atoms with E-state index in [9.17, 15) is 0 Å². The van der Waals surface area contributed by atoms with E-state index in [0.29, 0.717) is 5.41 Å². The van der Waals surface area contributed by atoms with E-state index in [1.807, 2.05) is 5.01 Å². The van der Waals surface area contributed by atoms with E-state index in [1.165, 1.54) is 44.2 Å². The fourth-order valence-electron chi connectivity index (χ4n) is 6.26. The van der Waals surface area contributed by atoms with Gasteiger partial charge >= 0.3 is 0 Å². The van der Waals surface area contributed by atoms with Gasteiger partial charge in [-0.15, -0.1) is 0 Å². The second-order valence-electron chi connectivity index (χ2n) is 12.0. The average Bonchev–Trinajstić information content (AvgIpc) is 2.96. The largest absolute Gasteiger partial charge is 0.543 e. The van der Waals surface area contributed by atoms with Crippen LogP contribution in [0.15, 0.2) is 23.3 Å². The molecular weight excluding hydrogens is 384 g/mol. The summed E-state index contributed by atoms with van der Waals surface area (Å²) in [7, 11) is 2.34. The van der Waals surface area contributed by atoms with Crippen LogP contribution in [-0.4, -0.2) is 33.1 Å². The molecule has 3 aliphatic carbocycles. The van der Waals surface area contributed by atoms with E-state index in [0.717, 1.165) is 23.5 Å². The van der Waals surface area contributed by atoms with Crippen molar-refractivity contribution >= 4 is 14.0 Å². The van der Waals surface area contributed by atoms with Gasteiger partial charge in [0.1, 0.15) is 5.75 Å². The number of rotatable bonds is 3. The maximum atomic E-state index is 6.62. The molecule has 0 radical (unpaired) electrons. The molecule has 2 saturated carbocycles. The molecule has 0 saturated heterocycles. The van der Waals surface area contributed by atoms with Crippen molar-refractivity contribution in [1.29, 1.82) is 0 Å². The lowest BCUT2D eigenvalue weighted by molar-refractivity contribution is 0.0948. The number of fused-ring (bicyclic) bond motifs is 5. The number of nitrogens with zero attached hydrogens (tertiary/aromatic N) is 2. The maximum Gasteiger partial charge on any atom is 0.250 e. The van der Waals surface area contributed by atoms with Crippen molar-refractivity contribution < 1.29 is 4.43 Å². The Hall–Kier alpha value is -1.29. The van der Waals surface area contributed by atoms with E-state index in [4.69, 9.17) is 9.53 Å². The van der Waals surface area contributed by atoms with Gasteiger partial charge in [-0.2, -0.15) is 5.10 Å². The van der Waals surface area contributed by atoms with Gasteiger partial charge in [0.25, 0.3) is 0 Å². The zero-order valence-corrected chi connectivity index (χ0v) is 21.5. The van der Waals surface area contributed by atoms with Crippen LogP contribution in [0.3, 0.4) is 0 Å². The second kappa shape index (κ2) is 7.39. The Labute approximate surface area is 185 Å². The van der Waals surface area contributed by atoms with E-state index in [2.05, 4.69) is 73.1 Å². The molecule has 166 valence electrons. The molecule has 1 aromatic rings. The van der Waals surface area contributed by atoms with E-state index in [1.54, 1.807) is 11.1 Å². The molecule has 0 heterocycles. The van der Waals surface area contributed by atoms with Crippen molar-refractivity contribution in [3.63, 3.8) is 0 Å². The Morgan fingerprint density at radius 2 is 1.83 bits per heavy atom. The summed E-state index contributed by atoms with van der Waals surface area (Å²) in [5.74, 6) is 3.44. The van der Waals surface area contributed by atoms with Crippen molar-refractivity contribution in [1.82, 2.24) is 5.01 Å². The molecule has 0 aliphatic heterocycles. The lowest BCUT2D eigenvalue weighted by atomic mass is 9.55. The van der Waals surface area contributed by atoms with E-state index in [-0.39, 0.29) is 5.04 Å². The van der Waals surface area contributed by atoms with Gasteiger partial charge in [-0.1, -0.05) is 33.8 Å². The molecule has 4 atom stereocenters. The molecule has 0 spiro atoms. The Bertz CT molecular complexity index is 838. The zero-order chi connectivity index (χ0) is 21.9. The summed E-state index contributed by atoms with van der Waals surface area (Å²) in [6, 6.07) is 7.07. The van der Waals surface area contributed by atoms with Crippen molar-refractivity contribution in [3.8, 4) is 5.75 Å². The highest BCUT2D eigenvalue weighted by Crippen LogP contribution is 2.60. The van der Waals surface area contributed by atoms with Crippen LogP contribution in [0, 0.1) is 17.3 Å². The number of aryl methyl sites for hydroxylation is 1. The smallest absolute Gasteiger partial charge is 0.250 e. The topological polar surface area (TPSA) is 24.8 Å². The number of hydrogen-bond donors (Lipinski definition) is 0. The molecule has 0 unspecified atom stereocenters. The van der Waals surface area contributed by atoms with Gasteiger partial charge in [-0.3, -0.25) is 0 Å². The first-order valence-electron chi connectivity index (χ1n) is 12.0. The van der Waals surface area contributed by atoms with Crippen LogP contribution >= 0.6 is 0 Å². The van der Waals surface area contributed by atoms with Crippen LogP contribution < -0.4 is 4.43 Å². The molecule has 0 bridgehead atoms. The predicted octanol–water partition coefficient (Wildman–Crippen LogP) is 6.84. The molecule has 2 fully saturated rings. The number of hydrogen-bond acceptors (Lipinski definition) is 3. The summed E-state index contributed by atoms with van der Waals surface area (Å²) in [5.41, 5.74) is 4.94. The minimum Gasteiger partial charge on any atom is -0.543 e. The van der Waals surface area contributed by atoms with Crippen LogP contribution in [0.4, 0.5) is 0 Å². The molecule has 4 heteroatoms. The summed E-state index contributed by atoms with van der Waals surface area (Å²) in [4.78, 5) is 0. The number of benzene rings is 1. The van der Waals surface area contributed by atoms with Gasteiger partial charge in [0.05, 0.1) is 0 Å². The summed E-state index contributed by atoms with van der Waals surface area (Å²) in [6.45, 7) is 14.1. The fraction of sp³-hybridized carbons (Fsp3) is 0.731. The summed E-state index contributed by atoms with van der Waals surface area (Å²) >= 11 is 0. The van der Waals surface area contributed by atoms with Crippen molar-refractivity contribution in [2.24, 2.45) is 22.4 Å². The molecule has 0 aromatic heterocycles. The van der Waals surface area contributed by atoms with Crippen LogP contribution in [0.1, 0.15) is 76.8 Å². The summed E-state index contributed by atoms with van der Waals surface area (Å²) in [6.07, 6.45) is 7.64. The van der Waals surface area contributed by atoms with Crippen molar-refractivity contribution in [2.75, 3.05) is 14.1 Å². The first kappa shape index (κ1) is 21.9. The quantitative estimate of drug-likeness (QED) is 0.390. The normalized spacial score (nSPS) is 32.4. The Morgan fingerprint density at radius 1 is 1.10 bits per heavy atom. The Morgan fingerprint density at radius 3 is 2.50 bits per heavy atom. The van der Waals surface area contributed by atoms with E-state index >= 15 is 0 Å². The third kappa shape index (κ3) is 3.63. The lowest BCUT2D eigenvalue weighted by Gasteiger charge is -2.49. The zero-order valence-electron chi connectivity index (χ0n) is 20.5. The van der Waals surface area contributed by atoms with Crippen LogP contribution in [-0.2, 0) is 6.42 Å². The fourth-order valence-corrected chi connectivity index (χ4v) is 7.29. The van der Waals surface area contributed by atoms with Gasteiger partial charge in [0.15, 0.2) is 0 Å². The van der Waals surface area contributed by atoms with Gasteiger partial charge in [-0.25, -0.2) is 0 Å². The molecule has 0 amide bonds. The van der Waals surface area contributed by atoms with Crippen molar-refractivity contribution in [2.45, 2.75) is 90.3 Å². The van der Waals surface area contributed by atoms with Crippen LogP contribution in [0.5, 0.6) is 5.75 Å². The molecule has 3 aliphatic rings. The third-order valence-corrected chi connectivity index (χ3v) is 13.3. The first-order chi connectivity index (χ1) is 13.9. The molecule has 4 rings (SSSR count). The van der Waals surface area contributed by atoms with E-state index < -0.39 is 8.32 Å². The van der Waals surface area contributed by atoms with Gasteiger partial charge < -0.3 is 9.43 Å². The number of hydrazone groups is 1. The lowest BCUT2D eigenvalue weighted by Crippen LogP contribution is -2.44. The molecule has 3 nitrogen and oxygen atoms in total. The minimum atomic E-state index is -1.79. The average molecular weight is 427 g/mol. The monoisotopic (exact) mass is 426 g/mol.